The van der Waals surface area contributed by atoms with Gasteiger partial charge in [0.1, 0.15) is 5.75 Å². The number of nitro benzene ring substituents is 1. The zero-order chi connectivity index (χ0) is 16.7. The van der Waals surface area contributed by atoms with Gasteiger partial charge >= 0.3 is 0 Å². The Hall–Kier alpha value is -2.93. The van der Waals surface area contributed by atoms with E-state index in [1.165, 1.54) is 30.5 Å². The molecule has 0 atom stereocenters. The minimum Gasteiger partial charge on any atom is -0.484 e. The second kappa shape index (κ2) is 7.90. The molecule has 0 aromatic heterocycles. The first-order chi connectivity index (χ1) is 11.0. The molecule has 2 aromatic rings. The third-order valence-electron chi connectivity index (χ3n) is 2.69. The summed E-state index contributed by atoms with van der Waals surface area (Å²) in [6.07, 6.45) is 1.47. The monoisotopic (exact) mass is 333 g/mol. The van der Waals surface area contributed by atoms with Crippen molar-refractivity contribution in [2.24, 2.45) is 5.10 Å². The van der Waals surface area contributed by atoms with Gasteiger partial charge in [0.15, 0.2) is 6.61 Å². The van der Waals surface area contributed by atoms with Gasteiger partial charge in [-0.3, -0.25) is 14.9 Å². The first kappa shape index (κ1) is 16.4. The van der Waals surface area contributed by atoms with Gasteiger partial charge in [-0.1, -0.05) is 23.7 Å². The van der Waals surface area contributed by atoms with E-state index in [1.54, 1.807) is 24.3 Å². The molecule has 0 fully saturated rings. The number of hydrogen-bond acceptors (Lipinski definition) is 5. The van der Waals surface area contributed by atoms with Crippen LogP contribution < -0.4 is 10.2 Å². The van der Waals surface area contributed by atoms with Gasteiger partial charge in [-0.2, -0.15) is 5.10 Å². The topological polar surface area (TPSA) is 93.8 Å². The fraction of sp³-hybridized carbons (Fsp3) is 0.0667. The average molecular weight is 334 g/mol. The molecule has 118 valence electrons. The number of carbonyl (C=O) groups excluding carboxylic acids is 1. The van der Waals surface area contributed by atoms with E-state index >= 15 is 0 Å². The predicted octanol–water partition coefficient (Wildman–Crippen LogP) is 2.78. The maximum atomic E-state index is 11.6. The van der Waals surface area contributed by atoms with Crippen molar-refractivity contribution in [3.63, 3.8) is 0 Å². The quantitative estimate of drug-likeness (QED) is 0.499. The molecule has 0 saturated carbocycles. The number of hydrazone groups is 1. The van der Waals surface area contributed by atoms with Crippen LogP contribution in [0.1, 0.15) is 5.56 Å². The summed E-state index contributed by atoms with van der Waals surface area (Å²) >= 11 is 5.75. The van der Waals surface area contributed by atoms with Crippen molar-refractivity contribution in [2.75, 3.05) is 6.61 Å². The van der Waals surface area contributed by atoms with Crippen LogP contribution >= 0.6 is 11.6 Å². The van der Waals surface area contributed by atoms with E-state index in [4.69, 9.17) is 16.3 Å². The number of amides is 1. The largest absolute Gasteiger partial charge is 0.484 e. The lowest BCUT2D eigenvalue weighted by molar-refractivity contribution is -0.384. The van der Waals surface area contributed by atoms with E-state index in [2.05, 4.69) is 10.5 Å². The van der Waals surface area contributed by atoms with Crippen LogP contribution in [0.5, 0.6) is 5.75 Å². The summed E-state index contributed by atoms with van der Waals surface area (Å²) in [5.41, 5.74) is 3.05. The van der Waals surface area contributed by atoms with Gasteiger partial charge in [0.25, 0.3) is 11.6 Å². The van der Waals surface area contributed by atoms with Crippen LogP contribution in [0.2, 0.25) is 5.02 Å². The number of nitrogens with one attached hydrogen (secondary N) is 1. The predicted molar refractivity (Wildman–Crippen MR) is 85.8 cm³/mol. The number of carbonyl (C=O) groups is 1. The standard InChI is InChI=1S/C15H12ClN3O4/c16-12-3-1-11(2-4-12)9-17-18-15(20)10-23-14-7-5-13(6-8-14)19(21)22/h1-9H,10H2,(H,18,20). The van der Waals surface area contributed by atoms with Crippen molar-refractivity contribution in [3.8, 4) is 5.75 Å². The van der Waals surface area contributed by atoms with Crippen molar-refractivity contribution in [1.82, 2.24) is 5.43 Å². The molecular weight excluding hydrogens is 322 g/mol. The van der Waals surface area contributed by atoms with Crippen LogP contribution in [0.25, 0.3) is 0 Å². The van der Waals surface area contributed by atoms with Crippen LogP contribution in [0, 0.1) is 10.1 Å². The Labute approximate surface area is 136 Å². The summed E-state index contributed by atoms with van der Waals surface area (Å²) in [6.45, 7) is -0.254. The summed E-state index contributed by atoms with van der Waals surface area (Å²) in [4.78, 5) is 21.6. The second-order valence-corrected chi connectivity index (χ2v) is 4.82. The van der Waals surface area contributed by atoms with E-state index in [9.17, 15) is 14.9 Å². The molecule has 1 N–H and O–H groups in total. The summed E-state index contributed by atoms with van der Waals surface area (Å²) in [5.74, 6) is -0.0963. The first-order valence-electron chi connectivity index (χ1n) is 6.49. The molecule has 0 aliphatic heterocycles. The van der Waals surface area contributed by atoms with Crippen molar-refractivity contribution in [3.05, 3.63) is 69.2 Å². The summed E-state index contributed by atoms with van der Waals surface area (Å²) in [5, 5.41) is 14.9. The molecule has 7 nitrogen and oxygen atoms in total. The number of hydrogen-bond donors (Lipinski definition) is 1. The Balaban J connectivity index is 1.78. The zero-order valence-corrected chi connectivity index (χ0v) is 12.6. The van der Waals surface area contributed by atoms with Crippen LogP contribution in [-0.4, -0.2) is 23.7 Å². The van der Waals surface area contributed by atoms with Crippen LogP contribution in [0.3, 0.4) is 0 Å². The molecule has 0 heterocycles. The number of non-ortho nitro benzene ring substituents is 1. The maximum absolute atomic E-state index is 11.6. The lowest BCUT2D eigenvalue weighted by atomic mass is 10.2. The highest BCUT2D eigenvalue weighted by Gasteiger charge is 2.06. The summed E-state index contributed by atoms with van der Waals surface area (Å²) in [7, 11) is 0. The van der Waals surface area contributed by atoms with Gasteiger partial charge in [-0.05, 0) is 29.8 Å². The summed E-state index contributed by atoms with van der Waals surface area (Å²) in [6, 6.07) is 12.4. The van der Waals surface area contributed by atoms with Crippen molar-refractivity contribution in [2.45, 2.75) is 0 Å². The molecule has 0 unspecified atom stereocenters. The van der Waals surface area contributed by atoms with E-state index < -0.39 is 10.8 Å². The molecule has 0 spiro atoms. The molecule has 0 saturated heterocycles. The van der Waals surface area contributed by atoms with E-state index in [1.807, 2.05) is 0 Å². The number of nitro groups is 1. The Morgan fingerprint density at radius 1 is 1.22 bits per heavy atom. The molecule has 8 heteroatoms. The van der Waals surface area contributed by atoms with Crippen LogP contribution in [0.4, 0.5) is 5.69 Å². The second-order valence-electron chi connectivity index (χ2n) is 4.38. The van der Waals surface area contributed by atoms with Gasteiger partial charge in [0.05, 0.1) is 11.1 Å². The number of benzene rings is 2. The lowest BCUT2D eigenvalue weighted by Gasteiger charge is -2.04. The Morgan fingerprint density at radius 3 is 2.48 bits per heavy atom. The minimum atomic E-state index is -0.512. The zero-order valence-electron chi connectivity index (χ0n) is 11.8. The van der Waals surface area contributed by atoms with Crippen molar-refractivity contribution < 1.29 is 14.5 Å². The molecule has 2 aromatic carbocycles. The number of ether oxygens (including phenoxy) is 1. The molecular formula is C15H12ClN3O4. The minimum absolute atomic E-state index is 0.0469. The Bertz CT molecular complexity index is 715. The summed E-state index contributed by atoms with van der Waals surface area (Å²) < 4.78 is 5.20. The van der Waals surface area contributed by atoms with Gasteiger partial charge in [-0.15, -0.1) is 0 Å². The maximum Gasteiger partial charge on any atom is 0.277 e. The normalized spacial score (nSPS) is 10.5. The lowest BCUT2D eigenvalue weighted by Crippen LogP contribution is -2.24. The highest BCUT2D eigenvalue weighted by Crippen LogP contribution is 2.17. The smallest absolute Gasteiger partial charge is 0.277 e. The number of rotatable bonds is 6. The highest BCUT2D eigenvalue weighted by atomic mass is 35.5. The molecule has 0 aliphatic rings. The van der Waals surface area contributed by atoms with Gasteiger partial charge in [0, 0.05) is 17.2 Å². The van der Waals surface area contributed by atoms with Gasteiger partial charge < -0.3 is 4.74 Å². The third kappa shape index (κ3) is 5.40. The average Bonchev–Trinajstić information content (AvgIpc) is 2.55. The van der Waals surface area contributed by atoms with Crippen molar-refractivity contribution >= 4 is 29.4 Å². The van der Waals surface area contributed by atoms with Crippen molar-refractivity contribution in [1.29, 1.82) is 0 Å². The Morgan fingerprint density at radius 2 is 1.87 bits per heavy atom. The third-order valence-corrected chi connectivity index (χ3v) is 2.94. The van der Waals surface area contributed by atoms with Crippen LogP contribution in [-0.2, 0) is 4.79 Å². The highest BCUT2D eigenvalue weighted by molar-refractivity contribution is 6.30. The van der Waals surface area contributed by atoms with E-state index in [0.717, 1.165) is 5.56 Å². The van der Waals surface area contributed by atoms with E-state index in [0.29, 0.717) is 10.8 Å². The molecule has 0 radical (unpaired) electrons. The fourth-order valence-electron chi connectivity index (χ4n) is 1.57. The SMILES string of the molecule is O=C(COc1ccc([N+](=O)[O-])cc1)NN=Cc1ccc(Cl)cc1. The van der Waals surface area contributed by atoms with Gasteiger partial charge in [0.2, 0.25) is 0 Å². The van der Waals surface area contributed by atoms with Crippen LogP contribution in [0.15, 0.2) is 53.6 Å². The molecule has 0 bridgehead atoms. The molecule has 23 heavy (non-hydrogen) atoms. The number of halogens is 1. The number of nitrogens with zero attached hydrogens (tertiary/aromatic N) is 2. The Kier molecular flexibility index (Phi) is 5.65. The first-order valence-corrected chi connectivity index (χ1v) is 6.87. The molecule has 2 rings (SSSR count). The van der Waals surface area contributed by atoms with Gasteiger partial charge in [-0.25, -0.2) is 5.43 Å². The fourth-order valence-corrected chi connectivity index (χ4v) is 1.70. The molecule has 1 amide bonds. The van der Waals surface area contributed by atoms with E-state index in [-0.39, 0.29) is 12.3 Å². The molecule has 0 aliphatic carbocycles.